The number of carbonyl (C=O) groups excluding carboxylic acids is 1. The molecule has 0 aromatic heterocycles. The number of carboxylic acid groups (broad SMARTS) is 2. The molecule has 0 aliphatic carbocycles. The van der Waals surface area contributed by atoms with E-state index in [-0.39, 0.29) is 25.9 Å². The molecule has 0 aromatic carbocycles. The first-order valence-corrected chi connectivity index (χ1v) is 6.28. The summed E-state index contributed by atoms with van der Waals surface area (Å²) in [7, 11) is 0. The number of hydrogen-bond acceptors (Lipinski definition) is 4. The molecular weight excluding hydrogens is 268 g/mol. The first-order valence-electron chi connectivity index (χ1n) is 6.28. The second kappa shape index (κ2) is 5.56. The molecule has 0 bridgehead atoms. The first-order chi connectivity index (χ1) is 9.06. The molecule has 1 aliphatic rings. The monoisotopic (exact) mass is 288 g/mol. The molecule has 0 saturated carbocycles. The van der Waals surface area contributed by atoms with E-state index in [1.807, 2.05) is 0 Å². The summed E-state index contributed by atoms with van der Waals surface area (Å²) in [6, 6.07) is 0. The van der Waals surface area contributed by atoms with E-state index in [9.17, 15) is 19.5 Å². The minimum absolute atomic E-state index is 0.00781. The molecule has 20 heavy (non-hydrogen) atoms. The fraction of sp³-hybridized carbons (Fsp3) is 0.750. The van der Waals surface area contributed by atoms with E-state index in [2.05, 4.69) is 5.32 Å². The zero-order valence-corrected chi connectivity index (χ0v) is 11.8. The molecule has 3 N–H and O–H groups in total. The third kappa shape index (κ3) is 4.01. The van der Waals surface area contributed by atoms with Crippen LogP contribution in [-0.2, 0) is 9.53 Å². The largest absolute Gasteiger partial charge is 0.480 e. The summed E-state index contributed by atoms with van der Waals surface area (Å²) >= 11 is 0. The van der Waals surface area contributed by atoms with E-state index < -0.39 is 29.3 Å². The van der Waals surface area contributed by atoms with Gasteiger partial charge in [0.1, 0.15) is 11.1 Å². The van der Waals surface area contributed by atoms with Crippen molar-refractivity contribution in [2.75, 3.05) is 13.1 Å². The average Bonchev–Trinajstić information content (AvgIpc) is 2.26. The summed E-state index contributed by atoms with van der Waals surface area (Å²) in [5.41, 5.74) is -2.21. The zero-order valence-electron chi connectivity index (χ0n) is 11.8. The standard InChI is InChI=1S/C12H20N2O6/c1-11(2,3)20-9(17)13-12(8(15)16)4-6-14(7-5-12)10(18)19/h4-7H2,1-3H3,(H,13,17)(H,15,16)(H,18,19). The normalized spacial score (nSPS) is 18.2. The maximum Gasteiger partial charge on any atom is 0.408 e. The molecule has 0 spiro atoms. The quantitative estimate of drug-likeness (QED) is 0.700. The van der Waals surface area contributed by atoms with Crippen LogP contribution in [0.25, 0.3) is 0 Å². The lowest BCUT2D eigenvalue weighted by Gasteiger charge is -2.38. The van der Waals surface area contributed by atoms with Crippen LogP contribution in [0.3, 0.4) is 0 Å². The van der Waals surface area contributed by atoms with Crippen molar-refractivity contribution in [2.45, 2.75) is 44.8 Å². The lowest BCUT2D eigenvalue weighted by molar-refractivity contribution is -0.146. The fourth-order valence-corrected chi connectivity index (χ4v) is 1.97. The van der Waals surface area contributed by atoms with Gasteiger partial charge in [0.15, 0.2) is 0 Å². The number of nitrogens with one attached hydrogen (secondary N) is 1. The van der Waals surface area contributed by atoms with Gasteiger partial charge >= 0.3 is 18.2 Å². The highest BCUT2D eigenvalue weighted by Gasteiger charge is 2.44. The molecule has 8 nitrogen and oxygen atoms in total. The van der Waals surface area contributed by atoms with Crippen LogP contribution >= 0.6 is 0 Å². The molecule has 0 atom stereocenters. The smallest absolute Gasteiger partial charge is 0.408 e. The van der Waals surface area contributed by atoms with Gasteiger partial charge in [0, 0.05) is 13.1 Å². The molecule has 114 valence electrons. The number of likely N-dealkylation sites (tertiary alicyclic amines) is 1. The number of nitrogens with zero attached hydrogens (tertiary/aromatic N) is 1. The fourth-order valence-electron chi connectivity index (χ4n) is 1.97. The van der Waals surface area contributed by atoms with Crippen molar-refractivity contribution < 1.29 is 29.3 Å². The highest BCUT2D eigenvalue weighted by atomic mass is 16.6. The summed E-state index contributed by atoms with van der Waals surface area (Å²) in [6.45, 7) is 5.13. The van der Waals surface area contributed by atoms with E-state index in [1.165, 1.54) is 0 Å². The highest BCUT2D eigenvalue weighted by Crippen LogP contribution is 2.23. The van der Waals surface area contributed by atoms with Crippen molar-refractivity contribution in [2.24, 2.45) is 0 Å². The van der Waals surface area contributed by atoms with Gasteiger partial charge in [-0.1, -0.05) is 0 Å². The number of hydrogen-bond donors (Lipinski definition) is 3. The molecule has 2 amide bonds. The first kappa shape index (κ1) is 16.1. The molecule has 8 heteroatoms. The van der Waals surface area contributed by atoms with Crippen molar-refractivity contribution in [1.82, 2.24) is 10.2 Å². The lowest BCUT2D eigenvalue weighted by Crippen LogP contribution is -2.61. The summed E-state index contributed by atoms with van der Waals surface area (Å²) in [6.07, 6.45) is -1.90. The Hall–Kier alpha value is -1.99. The van der Waals surface area contributed by atoms with E-state index >= 15 is 0 Å². The molecule has 0 radical (unpaired) electrons. The van der Waals surface area contributed by atoms with E-state index in [1.54, 1.807) is 20.8 Å². The predicted molar refractivity (Wildman–Crippen MR) is 68.6 cm³/mol. The number of rotatable bonds is 2. The number of alkyl carbamates (subject to hydrolysis) is 1. The Morgan fingerprint density at radius 3 is 2.00 bits per heavy atom. The Labute approximate surface area is 116 Å². The van der Waals surface area contributed by atoms with E-state index in [4.69, 9.17) is 9.84 Å². The maximum atomic E-state index is 11.7. The number of ether oxygens (including phenoxy) is 1. The molecule has 1 aliphatic heterocycles. The van der Waals surface area contributed by atoms with Crippen LogP contribution in [0.2, 0.25) is 0 Å². The van der Waals surface area contributed by atoms with Crippen LogP contribution in [-0.4, -0.2) is 57.5 Å². The van der Waals surface area contributed by atoms with Crippen molar-refractivity contribution in [3.05, 3.63) is 0 Å². The summed E-state index contributed by atoms with van der Waals surface area (Å²) < 4.78 is 5.05. The lowest BCUT2D eigenvalue weighted by atomic mass is 9.88. The van der Waals surface area contributed by atoms with Crippen molar-refractivity contribution in [3.63, 3.8) is 0 Å². The Kier molecular flexibility index (Phi) is 4.46. The van der Waals surface area contributed by atoms with Gasteiger partial charge in [-0.25, -0.2) is 14.4 Å². The SMILES string of the molecule is CC(C)(C)OC(=O)NC1(C(=O)O)CCN(C(=O)O)CC1. The van der Waals surface area contributed by atoms with E-state index in [0.717, 1.165) is 4.90 Å². The molecule has 1 rings (SSSR count). The van der Waals surface area contributed by atoms with Crippen LogP contribution in [0.15, 0.2) is 0 Å². The predicted octanol–water partition coefficient (Wildman–Crippen LogP) is 1.11. The second-order valence-electron chi connectivity index (χ2n) is 5.78. The third-order valence-electron chi connectivity index (χ3n) is 3.04. The molecule has 1 heterocycles. The van der Waals surface area contributed by atoms with Crippen LogP contribution in [0, 0.1) is 0 Å². The Bertz CT molecular complexity index is 407. The van der Waals surface area contributed by atoms with E-state index in [0.29, 0.717) is 0 Å². The molecule has 0 aromatic rings. The van der Waals surface area contributed by atoms with Crippen molar-refractivity contribution in [3.8, 4) is 0 Å². The molecule has 0 unspecified atom stereocenters. The number of piperidine rings is 1. The van der Waals surface area contributed by atoms with Crippen LogP contribution < -0.4 is 5.32 Å². The maximum absolute atomic E-state index is 11.7. The van der Waals surface area contributed by atoms with Crippen molar-refractivity contribution >= 4 is 18.2 Å². The minimum atomic E-state index is -1.48. The van der Waals surface area contributed by atoms with Gasteiger partial charge < -0.3 is 25.2 Å². The molecule has 1 saturated heterocycles. The zero-order chi connectivity index (χ0) is 15.6. The topological polar surface area (TPSA) is 116 Å². The van der Waals surface area contributed by atoms with Crippen LogP contribution in [0.1, 0.15) is 33.6 Å². The van der Waals surface area contributed by atoms with Crippen LogP contribution in [0.5, 0.6) is 0 Å². The number of carboxylic acids is 1. The summed E-state index contributed by atoms with van der Waals surface area (Å²) in [5, 5.41) is 20.5. The molecule has 1 fully saturated rings. The Balaban J connectivity index is 2.73. The van der Waals surface area contributed by atoms with Gasteiger partial charge in [-0.15, -0.1) is 0 Å². The molecular formula is C12H20N2O6. The Morgan fingerprint density at radius 1 is 1.15 bits per heavy atom. The third-order valence-corrected chi connectivity index (χ3v) is 3.04. The number of aliphatic carboxylic acids is 1. The van der Waals surface area contributed by atoms with Gasteiger partial charge in [-0.05, 0) is 33.6 Å². The van der Waals surface area contributed by atoms with Crippen LogP contribution in [0.4, 0.5) is 9.59 Å². The van der Waals surface area contributed by atoms with Gasteiger partial charge in [0.25, 0.3) is 0 Å². The average molecular weight is 288 g/mol. The van der Waals surface area contributed by atoms with Gasteiger partial charge in [-0.2, -0.15) is 0 Å². The summed E-state index contributed by atoms with van der Waals surface area (Å²) in [5.74, 6) is -1.19. The Morgan fingerprint density at radius 2 is 1.65 bits per heavy atom. The second-order valence-corrected chi connectivity index (χ2v) is 5.78. The van der Waals surface area contributed by atoms with Gasteiger partial charge in [0.05, 0.1) is 0 Å². The van der Waals surface area contributed by atoms with Gasteiger partial charge in [-0.3, -0.25) is 0 Å². The summed E-state index contributed by atoms with van der Waals surface area (Å²) in [4.78, 5) is 35.1. The van der Waals surface area contributed by atoms with Crippen molar-refractivity contribution in [1.29, 1.82) is 0 Å². The minimum Gasteiger partial charge on any atom is -0.480 e. The number of amides is 2. The van der Waals surface area contributed by atoms with Gasteiger partial charge in [0.2, 0.25) is 0 Å². The highest BCUT2D eigenvalue weighted by molar-refractivity contribution is 5.85. The number of carbonyl (C=O) groups is 3.